The van der Waals surface area contributed by atoms with Crippen molar-refractivity contribution < 1.29 is 14.7 Å². The van der Waals surface area contributed by atoms with Gasteiger partial charge in [0, 0.05) is 15.9 Å². The minimum absolute atomic E-state index is 0.0365. The smallest absolute Gasteiger partial charge is 0.315 e. The van der Waals surface area contributed by atoms with E-state index in [-0.39, 0.29) is 29.8 Å². The van der Waals surface area contributed by atoms with Crippen molar-refractivity contribution in [1.29, 1.82) is 0 Å². The van der Waals surface area contributed by atoms with E-state index in [1.54, 1.807) is 11.8 Å². The lowest BCUT2D eigenvalue weighted by molar-refractivity contribution is -0.138. The third-order valence-electron chi connectivity index (χ3n) is 2.87. The summed E-state index contributed by atoms with van der Waals surface area (Å²) in [5.41, 5.74) is 8.30. The van der Waals surface area contributed by atoms with E-state index in [1.807, 2.05) is 0 Å². The Morgan fingerprint density at radius 2 is 2.47 bits per heavy atom. The second-order valence-electron chi connectivity index (χ2n) is 3.92. The van der Waals surface area contributed by atoms with Gasteiger partial charge < -0.3 is 15.7 Å². The fourth-order valence-electron chi connectivity index (χ4n) is 2.07. The van der Waals surface area contributed by atoms with Crippen molar-refractivity contribution in [3.63, 3.8) is 0 Å². The number of urea groups is 1. The van der Waals surface area contributed by atoms with E-state index in [0.29, 0.717) is 0 Å². The highest BCUT2D eigenvalue weighted by Crippen LogP contribution is 2.33. The molecular formula is C8H11N5O3S. The number of carbonyl (C=O) groups is 2. The number of azide groups is 1. The van der Waals surface area contributed by atoms with Crippen LogP contribution in [0.3, 0.4) is 0 Å². The lowest BCUT2D eigenvalue weighted by Crippen LogP contribution is -2.39. The molecule has 4 atom stereocenters. The highest BCUT2D eigenvalue weighted by Gasteiger charge is 2.44. The Hall–Kier alpha value is -1.60. The van der Waals surface area contributed by atoms with Crippen LogP contribution in [0.15, 0.2) is 5.11 Å². The highest BCUT2D eigenvalue weighted by molar-refractivity contribution is 8.00. The van der Waals surface area contributed by atoms with E-state index in [2.05, 4.69) is 20.7 Å². The van der Waals surface area contributed by atoms with Crippen LogP contribution in [0.1, 0.15) is 6.42 Å². The van der Waals surface area contributed by atoms with Crippen LogP contribution in [0.5, 0.6) is 0 Å². The number of nitrogens with zero attached hydrogens (tertiary/aromatic N) is 3. The molecule has 92 valence electrons. The van der Waals surface area contributed by atoms with Crippen molar-refractivity contribution in [3.8, 4) is 0 Å². The average molecular weight is 257 g/mol. The highest BCUT2D eigenvalue weighted by atomic mass is 32.2. The molecule has 0 saturated carbocycles. The predicted octanol–water partition coefficient (Wildman–Crippen LogP) is 0.305. The van der Waals surface area contributed by atoms with E-state index in [9.17, 15) is 9.59 Å². The summed E-state index contributed by atoms with van der Waals surface area (Å²) in [7, 11) is 0. The van der Waals surface area contributed by atoms with E-state index in [1.165, 1.54) is 0 Å². The molecule has 2 amide bonds. The lowest BCUT2D eigenvalue weighted by atomic mass is 10.0. The molecule has 2 aliphatic rings. The van der Waals surface area contributed by atoms with Crippen LogP contribution in [0.2, 0.25) is 0 Å². The Labute approximate surface area is 101 Å². The Morgan fingerprint density at radius 3 is 3.12 bits per heavy atom. The van der Waals surface area contributed by atoms with Crippen LogP contribution >= 0.6 is 11.8 Å². The Kier molecular flexibility index (Phi) is 3.30. The SMILES string of the molecule is [N-]=[N+]=NC(C[C@@H]1SC[C@@H]2NC(=O)N[C@@H]21)C(=O)O. The molecule has 1 unspecified atom stereocenters. The van der Waals surface area contributed by atoms with E-state index in [0.717, 1.165) is 5.75 Å². The maximum atomic E-state index is 11.1. The van der Waals surface area contributed by atoms with Gasteiger partial charge in [0.2, 0.25) is 0 Å². The zero-order chi connectivity index (χ0) is 12.4. The fraction of sp³-hybridized carbons (Fsp3) is 0.750. The molecule has 0 spiro atoms. The molecule has 0 aliphatic carbocycles. The van der Waals surface area contributed by atoms with Gasteiger partial charge in [-0.1, -0.05) is 5.11 Å². The normalized spacial score (nSPS) is 32.0. The fourth-order valence-corrected chi connectivity index (χ4v) is 3.60. The number of carbonyl (C=O) groups excluding carboxylic acids is 1. The monoisotopic (exact) mass is 257 g/mol. The van der Waals surface area contributed by atoms with Crippen molar-refractivity contribution in [2.45, 2.75) is 29.8 Å². The number of carboxylic acid groups (broad SMARTS) is 1. The summed E-state index contributed by atoms with van der Waals surface area (Å²) < 4.78 is 0. The Morgan fingerprint density at radius 1 is 1.71 bits per heavy atom. The van der Waals surface area contributed by atoms with E-state index < -0.39 is 12.0 Å². The number of aliphatic carboxylic acids is 1. The van der Waals surface area contributed by atoms with Gasteiger partial charge in [-0.2, -0.15) is 11.8 Å². The molecule has 0 aromatic carbocycles. The Bertz CT molecular complexity index is 395. The number of nitrogens with one attached hydrogen (secondary N) is 2. The molecule has 0 aromatic heterocycles. The molecule has 2 saturated heterocycles. The van der Waals surface area contributed by atoms with E-state index in [4.69, 9.17) is 10.6 Å². The van der Waals surface area contributed by atoms with Gasteiger partial charge in [-0.3, -0.25) is 4.79 Å². The van der Waals surface area contributed by atoms with Crippen LogP contribution in [0.25, 0.3) is 10.4 Å². The van der Waals surface area contributed by atoms with Gasteiger partial charge in [0.25, 0.3) is 0 Å². The molecule has 2 aliphatic heterocycles. The average Bonchev–Trinajstić information content (AvgIpc) is 2.78. The maximum absolute atomic E-state index is 11.1. The van der Waals surface area contributed by atoms with Crippen LogP contribution < -0.4 is 10.6 Å². The molecule has 0 bridgehead atoms. The first-order valence-electron chi connectivity index (χ1n) is 5.07. The molecule has 0 aromatic rings. The number of fused-ring (bicyclic) bond motifs is 1. The lowest BCUT2D eigenvalue weighted by Gasteiger charge is -2.18. The van der Waals surface area contributed by atoms with Crippen molar-refractivity contribution >= 4 is 23.8 Å². The number of amides is 2. The first-order valence-corrected chi connectivity index (χ1v) is 6.12. The molecule has 2 heterocycles. The summed E-state index contributed by atoms with van der Waals surface area (Å²) in [5.74, 6) is -0.388. The second kappa shape index (κ2) is 4.72. The maximum Gasteiger partial charge on any atom is 0.315 e. The van der Waals surface area contributed by atoms with Crippen molar-refractivity contribution in [2.24, 2.45) is 5.11 Å². The molecule has 9 heteroatoms. The molecule has 3 N–H and O–H groups in total. The molecule has 2 fully saturated rings. The van der Waals surface area contributed by atoms with Gasteiger partial charge in [0.1, 0.15) is 6.04 Å². The molecule has 8 nitrogen and oxygen atoms in total. The van der Waals surface area contributed by atoms with Crippen molar-refractivity contribution in [2.75, 3.05) is 5.75 Å². The first-order chi connectivity index (χ1) is 8.11. The largest absolute Gasteiger partial charge is 0.481 e. The number of thioether (sulfide) groups is 1. The molecule has 0 radical (unpaired) electrons. The minimum atomic E-state index is -1.14. The van der Waals surface area contributed by atoms with Gasteiger partial charge in [-0.15, -0.1) is 0 Å². The van der Waals surface area contributed by atoms with Gasteiger partial charge in [-0.05, 0) is 12.0 Å². The van der Waals surface area contributed by atoms with Gasteiger partial charge in [0.05, 0.1) is 12.1 Å². The van der Waals surface area contributed by atoms with Gasteiger partial charge in [-0.25, -0.2) is 4.79 Å². The number of carboxylic acids is 1. The quantitative estimate of drug-likeness (QED) is 0.290. The zero-order valence-electron chi connectivity index (χ0n) is 8.74. The number of hydrogen-bond acceptors (Lipinski definition) is 4. The number of rotatable bonds is 4. The third kappa shape index (κ3) is 2.40. The van der Waals surface area contributed by atoms with E-state index >= 15 is 0 Å². The summed E-state index contributed by atoms with van der Waals surface area (Å²) in [6.07, 6.45) is 0.229. The minimum Gasteiger partial charge on any atom is -0.481 e. The predicted molar refractivity (Wildman–Crippen MR) is 60.7 cm³/mol. The van der Waals surface area contributed by atoms with Crippen LogP contribution in [0, 0.1) is 0 Å². The van der Waals surface area contributed by atoms with Crippen LogP contribution in [-0.2, 0) is 4.79 Å². The summed E-state index contributed by atoms with van der Waals surface area (Å²) in [6.45, 7) is 0. The van der Waals surface area contributed by atoms with Crippen molar-refractivity contribution in [1.82, 2.24) is 10.6 Å². The Balaban J connectivity index is 2.01. The van der Waals surface area contributed by atoms with Crippen molar-refractivity contribution in [3.05, 3.63) is 10.4 Å². The van der Waals surface area contributed by atoms with Crippen LogP contribution in [-0.4, -0.2) is 46.2 Å². The summed E-state index contributed by atoms with van der Waals surface area (Å²) in [4.78, 5) is 24.5. The summed E-state index contributed by atoms with van der Waals surface area (Å²) in [6, 6.07) is -1.34. The second-order valence-corrected chi connectivity index (χ2v) is 5.19. The first kappa shape index (κ1) is 11.9. The van der Waals surface area contributed by atoms with Crippen LogP contribution in [0.4, 0.5) is 4.79 Å². The molecular weight excluding hydrogens is 246 g/mol. The summed E-state index contributed by atoms with van der Waals surface area (Å²) in [5, 5.41) is 17.6. The van der Waals surface area contributed by atoms with Gasteiger partial charge >= 0.3 is 12.0 Å². The topological polar surface area (TPSA) is 127 Å². The summed E-state index contributed by atoms with van der Waals surface area (Å²) >= 11 is 1.58. The van der Waals surface area contributed by atoms with Gasteiger partial charge in [0.15, 0.2) is 0 Å². The molecule has 17 heavy (non-hydrogen) atoms. The number of hydrogen-bond donors (Lipinski definition) is 3. The standard InChI is InChI=1S/C8H11N5O3S/c9-13-12-3(7(14)15)1-5-6-4(2-17-5)10-8(16)11-6/h3-6H,1-2H2,(H,14,15)(H2,10,11,16)/t3?,4-,5-,6-/m0/s1. The zero-order valence-corrected chi connectivity index (χ0v) is 9.55. The molecule has 2 rings (SSSR count). The third-order valence-corrected chi connectivity index (χ3v) is 4.34.